The zero-order valence-electron chi connectivity index (χ0n) is 11.7. The summed E-state index contributed by atoms with van der Waals surface area (Å²) < 4.78 is 43.8. The second-order valence-electron chi connectivity index (χ2n) is 3.57. The molecule has 0 amide bonds. The number of alkyl halides is 3. The van der Waals surface area contributed by atoms with Crippen molar-refractivity contribution in [2.24, 2.45) is 0 Å². The average molecular weight is 320 g/mol. The van der Waals surface area contributed by atoms with Gasteiger partial charge in [-0.05, 0) is 18.2 Å². The minimum absolute atomic E-state index is 0.0782. The SMILES string of the molecule is CC.COc1ccc(-c2nnc(CO)s2)c(C(F)(F)F)c1. The number of methoxy groups -OCH3 is 1. The van der Waals surface area contributed by atoms with Crippen molar-refractivity contribution in [1.82, 2.24) is 10.2 Å². The monoisotopic (exact) mass is 320 g/mol. The molecule has 0 aliphatic heterocycles. The van der Waals surface area contributed by atoms with Crippen LogP contribution < -0.4 is 4.74 Å². The molecule has 116 valence electrons. The smallest absolute Gasteiger partial charge is 0.417 e. The molecule has 0 spiro atoms. The van der Waals surface area contributed by atoms with E-state index < -0.39 is 11.7 Å². The first-order valence-corrected chi connectivity index (χ1v) is 6.96. The van der Waals surface area contributed by atoms with E-state index in [0.717, 1.165) is 17.4 Å². The zero-order valence-corrected chi connectivity index (χ0v) is 12.5. The molecule has 1 aromatic heterocycles. The summed E-state index contributed by atoms with van der Waals surface area (Å²) in [5, 5.41) is 16.5. The van der Waals surface area contributed by atoms with Gasteiger partial charge < -0.3 is 9.84 Å². The Bertz CT molecular complexity index is 585. The molecule has 0 saturated heterocycles. The number of hydrogen-bond donors (Lipinski definition) is 1. The first-order valence-electron chi connectivity index (χ1n) is 6.14. The van der Waals surface area contributed by atoms with Crippen LogP contribution >= 0.6 is 11.3 Å². The van der Waals surface area contributed by atoms with E-state index in [0.29, 0.717) is 0 Å². The molecule has 8 heteroatoms. The maximum atomic E-state index is 13.0. The highest BCUT2D eigenvalue weighted by Crippen LogP contribution is 2.39. The normalized spacial score (nSPS) is 10.8. The first kappa shape index (κ1) is 17.4. The predicted molar refractivity (Wildman–Crippen MR) is 74.2 cm³/mol. The molecule has 0 atom stereocenters. The summed E-state index contributed by atoms with van der Waals surface area (Å²) in [6.45, 7) is 3.65. The van der Waals surface area contributed by atoms with Crippen molar-refractivity contribution in [3.05, 3.63) is 28.8 Å². The van der Waals surface area contributed by atoms with Gasteiger partial charge >= 0.3 is 6.18 Å². The van der Waals surface area contributed by atoms with Gasteiger partial charge in [0, 0.05) is 5.56 Å². The highest BCUT2D eigenvalue weighted by atomic mass is 32.1. The molecule has 4 nitrogen and oxygen atoms in total. The molecule has 0 unspecified atom stereocenters. The van der Waals surface area contributed by atoms with Crippen molar-refractivity contribution >= 4 is 11.3 Å². The Morgan fingerprint density at radius 3 is 2.38 bits per heavy atom. The molecule has 0 fully saturated rings. The molecule has 0 aliphatic rings. The lowest BCUT2D eigenvalue weighted by atomic mass is 10.1. The molecule has 21 heavy (non-hydrogen) atoms. The highest BCUT2D eigenvalue weighted by Gasteiger charge is 2.35. The Hall–Kier alpha value is -1.67. The molecular formula is C13H15F3N2O2S. The summed E-state index contributed by atoms with van der Waals surface area (Å²) in [4.78, 5) is 0. The van der Waals surface area contributed by atoms with E-state index in [2.05, 4.69) is 10.2 Å². The minimum Gasteiger partial charge on any atom is -0.497 e. The van der Waals surface area contributed by atoms with Crippen LogP contribution in [0.1, 0.15) is 24.4 Å². The van der Waals surface area contributed by atoms with Crippen LogP contribution in [-0.2, 0) is 12.8 Å². The number of halogens is 3. The maximum absolute atomic E-state index is 13.0. The van der Waals surface area contributed by atoms with Crippen molar-refractivity contribution in [3.8, 4) is 16.3 Å². The summed E-state index contributed by atoms with van der Waals surface area (Å²) in [5.74, 6) is 0.114. The van der Waals surface area contributed by atoms with Crippen molar-refractivity contribution in [3.63, 3.8) is 0 Å². The fourth-order valence-electron chi connectivity index (χ4n) is 1.50. The second-order valence-corrected chi connectivity index (χ2v) is 4.63. The number of ether oxygens (including phenoxy) is 1. The van der Waals surface area contributed by atoms with Gasteiger partial charge in [-0.2, -0.15) is 13.2 Å². The Morgan fingerprint density at radius 1 is 1.24 bits per heavy atom. The number of aromatic nitrogens is 2. The molecule has 1 N–H and O–H groups in total. The van der Waals surface area contributed by atoms with Crippen LogP contribution in [0.3, 0.4) is 0 Å². The Balaban J connectivity index is 0.00000106. The van der Waals surface area contributed by atoms with Crippen LogP contribution in [0, 0.1) is 0 Å². The van der Waals surface area contributed by atoms with Crippen LogP contribution in [0.25, 0.3) is 10.6 Å². The first-order chi connectivity index (χ1) is 9.95. The van der Waals surface area contributed by atoms with E-state index in [-0.39, 0.29) is 27.9 Å². The van der Waals surface area contributed by atoms with Gasteiger partial charge in [-0.15, -0.1) is 10.2 Å². The van der Waals surface area contributed by atoms with Crippen LogP contribution in [-0.4, -0.2) is 22.4 Å². The van der Waals surface area contributed by atoms with E-state index in [9.17, 15) is 13.2 Å². The van der Waals surface area contributed by atoms with Gasteiger partial charge in [0.05, 0.1) is 19.3 Å². The summed E-state index contributed by atoms with van der Waals surface area (Å²) >= 11 is 0.917. The van der Waals surface area contributed by atoms with Crippen LogP contribution in [0.5, 0.6) is 5.75 Å². The number of nitrogens with zero attached hydrogens (tertiary/aromatic N) is 2. The molecule has 0 bridgehead atoms. The van der Waals surface area contributed by atoms with Crippen LogP contribution in [0.2, 0.25) is 0 Å². The van der Waals surface area contributed by atoms with E-state index >= 15 is 0 Å². The molecule has 0 radical (unpaired) electrons. The molecule has 0 aliphatic carbocycles. The molecule has 0 saturated carbocycles. The molecular weight excluding hydrogens is 305 g/mol. The molecule has 2 rings (SSSR count). The van der Waals surface area contributed by atoms with E-state index in [1.54, 1.807) is 0 Å². The lowest BCUT2D eigenvalue weighted by Gasteiger charge is -2.12. The third-order valence-electron chi connectivity index (χ3n) is 2.36. The number of rotatable bonds is 3. The Labute approximate surface area is 124 Å². The molecule has 1 aromatic carbocycles. The highest BCUT2D eigenvalue weighted by molar-refractivity contribution is 7.14. The van der Waals surface area contributed by atoms with Gasteiger partial charge in [0.15, 0.2) is 0 Å². The fourth-order valence-corrected chi connectivity index (χ4v) is 2.24. The van der Waals surface area contributed by atoms with Gasteiger partial charge in [-0.25, -0.2) is 0 Å². The zero-order chi connectivity index (χ0) is 16.0. The standard InChI is InChI=1S/C11H9F3N2O2S.C2H6/c1-18-6-2-3-7(8(4-6)11(12,13)14)10-16-15-9(5-17)19-10;1-2/h2-4,17H,5H2,1H3;1-2H3. The van der Waals surface area contributed by atoms with Gasteiger partial charge in [-0.1, -0.05) is 25.2 Å². The third kappa shape index (κ3) is 4.15. The van der Waals surface area contributed by atoms with Gasteiger partial charge in [0.25, 0.3) is 0 Å². The fraction of sp³-hybridized carbons (Fsp3) is 0.385. The number of hydrogen-bond acceptors (Lipinski definition) is 5. The van der Waals surface area contributed by atoms with E-state index in [1.165, 1.54) is 19.2 Å². The quantitative estimate of drug-likeness (QED) is 0.936. The van der Waals surface area contributed by atoms with Gasteiger partial charge in [-0.3, -0.25) is 0 Å². The molecule has 2 aromatic rings. The van der Waals surface area contributed by atoms with Gasteiger partial charge in [0.1, 0.15) is 15.8 Å². The lowest BCUT2D eigenvalue weighted by Crippen LogP contribution is -2.07. The van der Waals surface area contributed by atoms with Crippen LogP contribution in [0.15, 0.2) is 18.2 Å². The van der Waals surface area contributed by atoms with Crippen molar-refractivity contribution in [2.45, 2.75) is 26.6 Å². The van der Waals surface area contributed by atoms with Gasteiger partial charge in [0.2, 0.25) is 0 Å². The summed E-state index contributed by atoms with van der Waals surface area (Å²) in [7, 11) is 1.30. The largest absolute Gasteiger partial charge is 0.497 e. The van der Waals surface area contributed by atoms with Crippen molar-refractivity contribution in [2.75, 3.05) is 7.11 Å². The second kappa shape index (κ2) is 7.37. The number of aliphatic hydroxyl groups is 1. The molecule has 1 heterocycles. The number of aliphatic hydroxyl groups excluding tert-OH is 1. The van der Waals surface area contributed by atoms with Crippen LogP contribution in [0.4, 0.5) is 13.2 Å². The lowest BCUT2D eigenvalue weighted by molar-refractivity contribution is -0.137. The third-order valence-corrected chi connectivity index (χ3v) is 3.31. The van der Waals surface area contributed by atoms with E-state index in [4.69, 9.17) is 9.84 Å². The van der Waals surface area contributed by atoms with E-state index in [1.807, 2.05) is 13.8 Å². The Kier molecular flexibility index (Phi) is 6.10. The minimum atomic E-state index is -4.52. The Morgan fingerprint density at radius 2 is 1.90 bits per heavy atom. The topological polar surface area (TPSA) is 55.2 Å². The predicted octanol–water partition coefficient (Wildman–Crippen LogP) is 3.75. The summed E-state index contributed by atoms with van der Waals surface area (Å²) in [5.41, 5.74) is -0.919. The summed E-state index contributed by atoms with van der Waals surface area (Å²) in [6.07, 6.45) is -4.52. The maximum Gasteiger partial charge on any atom is 0.417 e. The van der Waals surface area contributed by atoms with Crippen molar-refractivity contribution in [1.29, 1.82) is 0 Å². The van der Waals surface area contributed by atoms with Crippen molar-refractivity contribution < 1.29 is 23.0 Å². The summed E-state index contributed by atoms with van der Waals surface area (Å²) in [6, 6.07) is 3.61. The number of benzene rings is 1. The average Bonchev–Trinajstić information content (AvgIpc) is 2.96.